The lowest BCUT2D eigenvalue weighted by Gasteiger charge is -2.00. The molecule has 0 aliphatic carbocycles. The Balaban J connectivity index is 2.59. The van der Waals surface area contributed by atoms with Crippen molar-refractivity contribution in [3.8, 4) is 0 Å². The minimum Gasteiger partial charge on any atom is -0.385 e. The molecule has 0 spiro atoms. The van der Waals surface area contributed by atoms with E-state index in [0.717, 1.165) is 11.3 Å². The molecule has 3 heteroatoms. The summed E-state index contributed by atoms with van der Waals surface area (Å²) < 4.78 is 0.493. The molecule has 13 heavy (non-hydrogen) atoms. The van der Waals surface area contributed by atoms with Crippen molar-refractivity contribution < 1.29 is 0 Å². The monoisotopic (exact) mass is 209 g/mol. The van der Waals surface area contributed by atoms with Gasteiger partial charge in [0.25, 0.3) is 0 Å². The Labute approximate surface area is 88.0 Å². The first-order valence-electron chi connectivity index (χ1n) is 3.86. The van der Waals surface area contributed by atoms with Crippen molar-refractivity contribution >= 4 is 34.4 Å². The third-order valence-corrected chi connectivity index (χ3v) is 2.71. The van der Waals surface area contributed by atoms with E-state index in [1.807, 2.05) is 18.2 Å². The van der Waals surface area contributed by atoms with Crippen LogP contribution in [0.3, 0.4) is 0 Å². The van der Waals surface area contributed by atoms with E-state index in [1.165, 1.54) is 17.3 Å². The largest absolute Gasteiger partial charge is 0.385 e. The van der Waals surface area contributed by atoms with Gasteiger partial charge in [0.2, 0.25) is 0 Å². The van der Waals surface area contributed by atoms with Gasteiger partial charge in [-0.3, -0.25) is 0 Å². The number of hydrogen-bond acceptors (Lipinski definition) is 2. The highest BCUT2D eigenvalue weighted by Gasteiger charge is 1.94. The summed E-state index contributed by atoms with van der Waals surface area (Å²) in [6.45, 7) is 3.69. The number of benzene rings is 1. The zero-order chi connectivity index (χ0) is 9.68. The molecule has 0 bridgehead atoms. The van der Waals surface area contributed by atoms with Crippen molar-refractivity contribution in [1.29, 1.82) is 0 Å². The van der Waals surface area contributed by atoms with Gasteiger partial charge in [0.1, 0.15) is 4.32 Å². The molecule has 0 heterocycles. The van der Waals surface area contributed by atoms with Crippen LogP contribution in [-0.4, -0.2) is 4.32 Å². The van der Waals surface area contributed by atoms with Crippen LogP contribution >= 0.6 is 24.0 Å². The molecule has 0 saturated heterocycles. The van der Waals surface area contributed by atoms with Crippen LogP contribution < -0.4 is 5.73 Å². The molecule has 1 aromatic rings. The maximum atomic E-state index is 5.37. The van der Waals surface area contributed by atoms with Gasteiger partial charge in [-0.25, -0.2) is 0 Å². The number of rotatable bonds is 3. The quantitative estimate of drug-likeness (QED) is 0.775. The third kappa shape index (κ3) is 3.61. The van der Waals surface area contributed by atoms with Crippen LogP contribution in [0, 0.1) is 0 Å². The van der Waals surface area contributed by atoms with E-state index in [2.05, 4.69) is 18.7 Å². The predicted molar refractivity (Wildman–Crippen MR) is 64.6 cm³/mol. The van der Waals surface area contributed by atoms with Crippen LogP contribution in [0.2, 0.25) is 0 Å². The number of thioether (sulfide) groups is 1. The maximum absolute atomic E-state index is 5.37. The van der Waals surface area contributed by atoms with Crippen molar-refractivity contribution in [3.63, 3.8) is 0 Å². The molecule has 0 unspecified atom stereocenters. The lowest BCUT2D eigenvalue weighted by molar-refractivity contribution is 1.42. The molecule has 68 valence electrons. The zero-order valence-corrected chi connectivity index (χ0v) is 8.83. The number of thiocarbonyl (C=S) groups is 1. The molecule has 0 aromatic heterocycles. The molecule has 0 aliphatic rings. The fraction of sp³-hybridized carbons (Fsp3) is 0.100. The summed E-state index contributed by atoms with van der Waals surface area (Å²) in [7, 11) is 0. The van der Waals surface area contributed by atoms with Gasteiger partial charge in [-0.05, 0) is 11.1 Å². The standard InChI is InChI=1S/C10H11NS2/c1-2-8-3-5-9(6-4-8)7-13-10(11)12/h2-6H,1,7H2,(H2,11,12). The van der Waals surface area contributed by atoms with Crippen LogP contribution in [0.25, 0.3) is 6.08 Å². The van der Waals surface area contributed by atoms with Crippen LogP contribution in [0.5, 0.6) is 0 Å². The fourth-order valence-corrected chi connectivity index (χ4v) is 1.58. The van der Waals surface area contributed by atoms with Crippen LogP contribution in [0.4, 0.5) is 0 Å². The highest BCUT2D eigenvalue weighted by Crippen LogP contribution is 2.13. The Morgan fingerprint density at radius 1 is 1.46 bits per heavy atom. The molecule has 2 N–H and O–H groups in total. The van der Waals surface area contributed by atoms with Crippen molar-refractivity contribution in [2.45, 2.75) is 5.75 Å². The van der Waals surface area contributed by atoms with Crippen molar-refractivity contribution in [1.82, 2.24) is 0 Å². The first kappa shape index (κ1) is 10.3. The third-order valence-electron chi connectivity index (χ3n) is 1.60. The molecule has 1 rings (SSSR count). The van der Waals surface area contributed by atoms with Gasteiger partial charge in [-0.15, -0.1) is 0 Å². The number of nitrogens with two attached hydrogens (primary N) is 1. The second-order valence-corrected chi connectivity index (χ2v) is 4.27. The molecule has 0 amide bonds. The molecule has 1 aromatic carbocycles. The van der Waals surface area contributed by atoms with Gasteiger partial charge in [0.05, 0.1) is 0 Å². The summed E-state index contributed by atoms with van der Waals surface area (Å²) >= 11 is 6.25. The topological polar surface area (TPSA) is 26.0 Å². The zero-order valence-electron chi connectivity index (χ0n) is 7.19. The summed E-state index contributed by atoms with van der Waals surface area (Å²) in [5.74, 6) is 0.840. The normalized spacial score (nSPS) is 9.54. The van der Waals surface area contributed by atoms with Gasteiger partial charge in [0.15, 0.2) is 0 Å². The van der Waals surface area contributed by atoms with Gasteiger partial charge >= 0.3 is 0 Å². The molecular weight excluding hydrogens is 198 g/mol. The van der Waals surface area contributed by atoms with Crippen LogP contribution in [-0.2, 0) is 5.75 Å². The SMILES string of the molecule is C=Cc1ccc(CSC(N)=S)cc1. The Kier molecular flexibility index (Phi) is 3.99. The van der Waals surface area contributed by atoms with E-state index in [1.54, 1.807) is 0 Å². The van der Waals surface area contributed by atoms with E-state index < -0.39 is 0 Å². The average molecular weight is 209 g/mol. The van der Waals surface area contributed by atoms with Crippen molar-refractivity contribution in [2.75, 3.05) is 0 Å². The minimum absolute atomic E-state index is 0.493. The summed E-state index contributed by atoms with van der Waals surface area (Å²) in [6.07, 6.45) is 1.82. The number of hydrogen-bond donors (Lipinski definition) is 1. The molecule has 0 atom stereocenters. The highest BCUT2D eigenvalue weighted by molar-refractivity contribution is 8.22. The highest BCUT2D eigenvalue weighted by atomic mass is 32.2. The summed E-state index contributed by atoms with van der Waals surface area (Å²) in [5, 5.41) is 0. The lowest BCUT2D eigenvalue weighted by atomic mass is 10.1. The summed E-state index contributed by atoms with van der Waals surface area (Å²) in [6, 6.07) is 8.18. The predicted octanol–water partition coefficient (Wildman–Crippen LogP) is 2.81. The summed E-state index contributed by atoms with van der Waals surface area (Å²) in [4.78, 5) is 0. The molecule has 0 radical (unpaired) electrons. The van der Waals surface area contributed by atoms with Crippen molar-refractivity contribution in [2.24, 2.45) is 5.73 Å². The second kappa shape index (κ2) is 5.04. The average Bonchev–Trinajstić information content (AvgIpc) is 2.15. The lowest BCUT2D eigenvalue weighted by Crippen LogP contribution is -2.01. The Hall–Kier alpha value is -0.800. The Morgan fingerprint density at radius 2 is 2.08 bits per heavy atom. The fourth-order valence-electron chi connectivity index (χ4n) is 0.904. The van der Waals surface area contributed by atoms with E-state index in [0.29, 0.717) is 4.32 Å². The molecule has 0 fully saturated rings. The second-order valence-electron chi connectivity index (χ2n) is 2.55. The van der Waals surface area contributed by atoms with Crippen LogP contribution in [0.15, 0.2) is 30.8 Å². The van der Waals surface area contributed by atoms with E-state index >= 15 is 0 Å². The van der Waals surface area contributed by atoms with Gasteiger partial charge < -0.3 is 5.73 Å². The minimum atomic E-state index is 0.493. The first-order valence-corrected chi connectivity index (χ1v) is 5.25. The van der Waals surface area contributed by atoms with Gasteiger partial charge in [-0.1, -0.05) is 60.9 Å². The Morgan fingerprint density at radius 3 is 2.54 bits per heavy atom. The summed E-state index contributed by atoms with van der Waals surface area (Å²) in [5.41, 5.74) is 7.73. The van der Waals surface area contributed by atoms with E-state index in [9.17, 15) is 0 Å². The molecular formula is C10H11NS2. The molecule has 1 nitrogen and oxygen atoms in total. The first-order chi connectivity index (χ1) is 6.22. The molecule has 0 saturated carbocycles. The van der Waals surface area contributed by atoms with E-state index in [4.69, 9.17) is 18.0 Å². The maximum Gasteiger partial charge on any atom is 0.131 e. The smallest absolute Gasteiger partial charge is 0.131 e. The van der Waals surface area contributed by atoms with E-state index in [-0.39, 0.29) is 0 Å². The van der Waals surface area contributed by atoms with Crippen molar-refractivity contribution in [3.05, 3.63) is 42.0 Å². The van der Waals surface area contributed by atoms with Gasteiger partial charge in [0, 0.05) is 5.75 Å². The van der Waals surface area contributed by atoms with Crippen LogP contribution in [0.1, 0.15) is 11.1 Å². The van der Waals surface area contributed by atoms with Gasteiger partial charge in [-0.2, -0.15) is 0 Å². The molecule has 0 aliphatic heterocycles. The Bertz CT molecular complexity index is 303.